The van der Waals surface area contributed by atoms with Gasteiger partial charge in [-0.2, -0.15) is 0 Å². The Bertz CT molecular complexity index is 168. The lowest BCUT2D eigenvalue weighted by Gasteiger charge is -2.34. The van der Waals surface area contributed by atoms with Crippen molar-refractivity contribution in [2.75, 3.05) is 14.2 Å². The average Bonchev–Trinajstić information content (AvgIpc) is 2.25. The Labute approximate surface area is 94.3 Å². The minimum absolute atomic E-state index is 0.320. The molecule has 1 saturated carbocycles. The maximum atomic E-state index is 5.51. The molecule has 0 radical (unpaired) electrons. The molecule has 1 fully saturated rings. The van der Waals surface area contributed by atoms with Crippen molar-refractivity contribution in [1.29, 1.82) is 0 Å². The molecule has 1 aliphatic rings. The zero-order valence-electron chi connectivity index (χ0n) is 10.7. The second-order valence-electron chi connectivity index (χ2n) is 5.20. The molecule has 1 rings (SSSR count). The molecule has 15 heavy (non-hydrogen) atoms. The van der Waals surface area contributed by atoms with Gasteiger partial charge in [0.05, 0.1) is 12.2 Å². The molecular formula is C13H26O2. The highest BCUT2D eigenvalue weighted by atomic mass is 16.5. The third-order valence-electron chi connectivity index (χ3n) is 3.60. The first-order valence-corrected chi connectivity index (χ1v) is 6.23. The number of rotatable bonds is 5. The highest BCUT2D eigenvalue weighted by Crippen LogP contribution is 2.31. The first-order valence-electron chi connectivity index (χ1n) is 6.23. The standard InChI is InChI=1S/C13H26O2/c1-10(2)5-6-11-7-8-12(14-3)13(9-11)15-4/h10-13H,5-9H2,1-4H3. The summed E-state index contributed by atoms with van der Waals surface area (Å²) in [5.74, 6) is 1.68. The summed E-state index contributed by atoms with van der Waals surface area (Å²) in [5.41, 5.74) is 0. The number of hydrogen-bond acceptors (Lipinski definition) is 2. The molecule has 2 nitrogen and oxygen atoms in total. The molecule has 3 atom stereocenters. The van der Waals surface area contributed by atoms with Crippen molar-refractivity contribution in [1.82, 2.24) is 0 Å². The third kappa shape index (κ3) is 4.12. The predicted octanol–water partition coefficient (Wildman–Crippen LogP) is 3.25. The number of hydrogen-bond donors (Lipinski definition) is 0. The molecule has 0 heterocycles. The number of ether oxygens (including phenoxy) is 2. The lowest BCUT2D eigenvalue weighted by molar-refractivity contribution is -0.0714. The number of methoxy groups -OCH3 is 2. The van der Waals surface area contributed by atoms with Crippen molar-refractivity contribution in [3.8, 4) is 0 Å². The van der Waals surface area contributed by atoms with E-state index in [1.165, 1.54) is 25.7 Å². The van der Waals surface area contributed by atoms with Crippen molar-refractivity contribution in [2.24, 2.45) is 11.8 Å². The van der Waals surface area contributed by atoms with E-state index >= 15 is 0 Å². The van der Waals surface area contributed by atoms with Gasteiger partial charge in [-0.05, 0) is 31.1 Å². The molecule has 2 heteroatoms. The van der Waals surface area contributed by atoms with Crippen LogP contribution in [-0.2, 0) is 9.47 Å². The molecular weight excluding hydrogens is 188 g/mol. The fourth-order valence-corrected chi connectivity index (χ4v) is 2.53. The van der Waals surface area contributed by atoms with Crippen LogP contribution in [0.4, 0.5) is 0 Å². The van der Waals surface area contributed by atoms with E-state index in [2.05, 4.69) is 13.8 Å². The highest BCUT2D eigenvalue weighted by Gasteiger charge is 2.30. The predicted molar refractivity (Wildman–Crippen MR) is 63.0 cm³/mol. The van der Waals surface area contributed by atoms with Gasteiger partial charge in [0, 0.05) is 14.2 Å². The molecule has 0 spiro atoms. The molecule has 0 bridgehead atoms. The summed E-state index contributed by atoms with van der Waals surface area (Å²) in [7, 11) is 3.60. The molecule has 3 unspecified atom stereocenters. The molecule has 0 saturated heterocycles. The summed E-state index contributed by atoms with van der Waals surface area (Å²) >= 11 is 0. The zero-order valence-corrected chi connectivity index (χ0v) is 10.7. The van der Waals surface area contributed by atoms with Gasteiger partial charge >= 0.3 is 0 Å². The highest BCUT2D eigenvalue weighted by molar-refractivity contribution is 4.81. The van der Waals surface area contributed by atoms with Gasteiger partial charge in [-0.1, -0.05) is 26.7 Å². The molecule has 90 valence electrons. The van der Waals surface area contributed by atoms with Gasteiger partial charge in [-0.15, -0.1) is 0 Å². The van der Waals surface area contributed by atoms with E-state index < -0.39 is 0 Å². The van der Waals surface area contributed by atoms with E-state index in [9.17, 15) is 0 Å². The normalized spacial score (nSPS) is 32.2. The minimum atomic E-state index is 0.320. The largest absolute Gasteiger partial charge is 0.379 e. The topological polar surface area (TPSA) is 18.5 Å². The van der Waals surface area contributed by atoms with E-state index in [-0.39, 0.29) is 0 Å². The first kappa shape index (κ1) is 13.0. The van der Waals surface area contributed by atoms with Gasteiger partial charge in [0.1, 0.15) is 0 Å². The van der Waals surface area contributed by atoms with E-state index in [0.29, 0.717) is 12.2 Å². The van der Waals surface area contributed by atoms with Crippen LogP contribution in [0.5, 0.6) is 0 Å². The monoisotopic (exact) mass is 214 g/mol. The van der Waals surface area contributed by atoms with Crippen LogP contribution in [0.25, 0.3) is 0 Å². The van der Waals surface area contributed by atoms with Crippen LogP contribution in [0.2, 0.25) is 0 Å². The van der Waals surface area contributed by atoms with Crippen LogP contribution in [0.15, 0.2) is 0 Å². The van der Waals surface area contributed by atoms with E-state index in [1.54, 1.807) is 7.11 Å². The Hall–Kier alpha value is -0.0800. The first-order chi connectivity index (χ1) is 7.17. The molecule has 0 aromatic heterocycles. The summed E-state index contributed by atoms with van der Waals surface area (Å²) < 4.78 is 11.0. The summed E-state index contributed by atoms with van der Waals surface area (Å²) in [6.45, 7) is 4.60. The second kappa shape index (κ2) is 6.49. The molecule has 0 N–H and O–H groups in total. The minimum Gasteiger partial charge on any atom is -0.379 e. The van der Waals surface area contributed by atoms with Gasteiger partial charge < -0.3 is 9.47 Å². The Morgan fingerprint density at radius 2 is 1.73 bits per heavy atom. The molecule has 1 aliphatic carbocycles. The molecule has 0 aliphatic heterocycles. The van der Waals surface area contributed by atoms with Gasteiger partial charge in [-0.25, -0.2) is 0 Å². The van der Waals surface area contributed by atoms with E-state index in [1.807, 2.05) is 7.11 Å². The smallest absolute Gasteiger partial charge is 0.0835 e. The SMILES string of the molecule is COC1CCC(CCC(C)C)CC1OC. The molecule has 0 amide bonds. The quantitative estimate of drug-likeness (QED) is 0.699. The summed E-state index contributed by atoms with van der Waals surface area (Å²) in [6.07, 6.45) is 7.00. The van der Waals surface area contributed by atoms with Gasteiger partial charge in [0.25, 0.3) is 0 Å². The maximum absolute atomic E-state index is 5.51. The van der Waals surface area contributed by atoms with E-state index in [0.717, 1.165) is 18.3 Å². The second-order valence-corrected chi connectivity index (χ2v) is 5.20. The summed E-state index contributed by atoms with van der Waals surface area (Å²) in [4.78, 5) is 0. The van der Waals surface area contributed by atoms with Gasteiger partial charge in [0.15, 0.2) is 0 Å². The Kier molecular flexibility index (Phi) is 5.62. The maximum Gasteiger partial charge on any atom is 0.0835 e. The van der Waals surface area contributed by atoms with Crippen LogP contribution < -0.4 is 0 Å². The molecule has 0 aromatic rings. The lowest BCUT2D eigenvalue weighted by Crippen LogP contribution is -2.36. The van der Waals surface area contributed by atoms with Crippen LogP contribution >= 0.6 is 0 Å². The Balaban J connectivity index is 2.32. The van der Waals surface area contributed by atoms with Crippen molar-refractivity contribution >= 4 is 0 Å². The fraction of sp³-hybridized carbons (Fsp3) is 1.00. The Morgan fingerprint density at radius 3 is 2.27 bits per heavy atom. The average molecular weight is 214 g/mol. The third-order valence-corrected chi connectivity index (χ3v) is 3.60. The fourth-order valence-electron chi connectivity index (χ4n) is 2.53. The van der Waals surface area contributed by atoms with Crippen molar-refractivity contribution in [3.63, 3.8) is 0 Å². The van der Waals surface area contributed by atoms with Gasteiger partial charge in [-0.3, -0.25) is 0 Å². The van der Waals surface area contributed by atoms with Crippen LogP contribution in [0, 0.1) is 11.8 Å². The summed E-state index contributed by atoms with van der Waals surface area (Å²) in [5, 5.41) is 0. The molecule has 0 aromatic carbocycles. The van der Waals surface area contributed by atoms with Crippen LogP contribution in [0.3, 0.4) is 0 Å². The van der Waals surface area contributed by atoms with Crippen LogP contribution in [-0.4, -0.2) is 26.4 Å². The van der Waals surface area contributed by atoms with Crippen molar-refractivity contribution in [2.45, 2.75) is 58.2 Å². The Morgan fingerprint density at radius 1 is 1.07 bits per heavy atom. The van der Waals surface area contributed by atoms with Crippen LogP contribution in [0.1, 0.15) is 46.0 Å². The zero-order chi connectivity index (χ0) is 11.3. The van der Waals surface area contributed by atoms with Crippen molar-refractivity contribution < 1.29 is 9.47 Å². The van der Waals surface area contributed by atoms with E-state index in [4.69, 9.17) is 9.47 Å². The summed E-state index contributed by atoms with van der Waals surface area (Å²) in [6, 6.07) is 0. The van der Waals surface area contributed by atoms with Gasteiger partial charge in [0.2, 0.25) is 0 Å². The lowest BCUT2D eigenvalue weighted by atomic mass is 9.81. The van der Waals surface area contributed by atoms with Crippen molar-refractivity contribution in [3.05, 3.63) is 0 Å².